The molecule has 0 bridgehead atoms. The van der Waals surface area contributed by atoms with Crippen LogP contribution >= 0.6 is 0 Å². The number of carbonyl (C=O) groups is 1. The summed E-state index contributed by atoms with van der Waals surface area (Å²) in [7, 11) is 0. The Labute approximate surface area is 169 Å². The highest BCUT2D eigenvalue weighted by atomic mass is 16.5. The molecule has 0 aliphatic carbocycles. The first kappa shape index (κ1) is 19.0. The molecule has 0 saturated carbocycles. The van der Waals surface area contributed by atoms with E-state index in [4.69, 9.17) is 9.15 Å². The van der Waals surface area contributed by atoms with E-state index < -0.39 is 6.04 Å². The Balaban J connectivity index is 1.93. The zero-order valence-electron chi connectivity index (χ0n) is 16.6. The summed E-state index contributed by atoms with van der Waals surface area (Å²) in [6.45, 7) is 8.51. The highest BCUT2D eigenvalue weighted by Crippen LogP contribution is 2.39. The van der Waals surface area contributed by atoms with Crippen molar-refractivity contribution in [2.45, 2.75) is 26.3 Å². The lowest BCUT2D eigenvalue weighted by atomic mass is 9.98. The number of carbonyl (C=O) groups excluding carboxylic acids is 1. The molecule has 1 aliphatic rings. The minimum Gasteiger partial charge on any atom is -0.490 e. The fraction of sp³-hybridized carbons (Fsp3) is 0.250. The van der Waals surface area contributed by atoms with Crippen LogP contribution in [0.4, 0.5) is 0 Å². The predicted octanol–water partition coefficient (Wildman–Crippen LogP) is 4.62. The van der Waals surface area contributed by atoms with Gasteiger partial charge in [-0.3, -0.25) is 9.59 Å². The maximum Gasteiger partial charge on any atom is 0.290 e. The molecule has 5 nitrogen and oxygen atoms in total. The van der Waals surface area contributed by atoms with E-state index in [0.717, 1.165) is 17.5 Å². The minimum atomic E-state index is -0.495. The Bertz CT molecular complexity index is 1160. The summed E-state index contributed by atoms with van der Waals surface area (Å²) in [4.78, 5) is 28.3. The van der Waals surface area contributed by atoms with Gasteiger partial charge in [0, 0.05) is 6.54 Å². The molecule has 1 amide bonds. The van der Waals surface area contributed by atoms with Gasteiger partial charge in [0.05, 0.1) is 17.0 Å². The minimum absolute atomic E-state index is 0.141. The maximum atomic E-state index is 13.4. The van der Waals surface area contributed by atoms with E-state index in [9.17, 15) is 9.59 Å². The van der Waals surface area contributed by atoms with Crippen molar-refractivity contribution in [2.24, 2.45) is 0 Å². The first-order valence-electron chi connectivity index (χ1n) is 9.77. The third kappa shape index (κ3) is 3.23. The molecule has 148 valence electrons. The van der Waals surface area contributed by atoms with Crippen LogP contribution in [0.5, 0.6) is 5.75 Å². The Kier molecular flexibility index (Phi) is 4.97. The van der Waals surface area contributed by atoms with Crippen molar-refractivity contribution in [3.63, 3.8) is 0 Å². The average molecular weight is 389 g/mol. The molecule has 0 spiro atoms. The molecule has 29 heavy (non-hydrogen) atoms. The Morgan fingerprint density at radius 3 is 2.79 bits per heavy atom. The molecule has 1 atom stereocenters. The van der Waals surface area contributed by atoms with Crippen molar-refractivity contribution in [3.05, 3.63) is 87.8 Å². The molecule has 0 radical (unpaired) electrons. The summed E-state index contributed by atoms with van der Waals surface area (Å²) in [6.07, 6.45) is 2.45. The number of benzene rings is 2. The van der Waals surface area contributed by atoms with Gasteiger partial charge in [0.2, 0.25) is 5.76 Å². The van der Waals surface area contributed by atoms with Gasteiger partial charge in [-0.25, -0.2) is 0 Å². The summed E-state index contributed by atoms with van der Waals surface area (Å²) in [5.41, 5.74) is 2.48. The van der Waals surface area contributed by atoms with E-state index in [2.05, 4.69) is 6.58 Å². The molecule has 2 heterocycles. The molecule has 4 rings (SSSR count). The highest BCUT2D eigenvalue weighted by molar-refractivity contribution is 5.99. The van der Waals surface area contributed by atoms with Crippen LogP contribution in [0.2, 0.25) is 0 Å². The van der Waals surface area contributed by atoms with Crippen LogP contribution in [0.25, 0.3) is 11.0 Å². The number of amides is 1. The third-order valence-corrected chi connectivity index (χ3v) is 5.13. The van der Waals surface area contributed by atoms with Gasteiger partial charge >= 0.3 is 0 Å². The molecular weight excluding hydrogens is 366 g/mol. The highest BCUT2D eigenvalue weighted by Gasteiger charge is 2.42. The summed E-state index contributed by atoms with van der Waals surface area (Å²) in [5, 5.41) is 0.499. The molecule has 3 aromatic rings. The fourth-order valence-electron chi connectivity index (χ4n) is 3.88. The van der Waals surface area contributed by atoms with Gasteiger partial charge in [0.25, 0.3) is 5.91 Å². The van der Waals surface area contributed by atoms with Crippen LogP contribution in [0, 0.1) is 6.92 Å². The van der Waals surface area contributed by atoms with E-state index in [1.54, 1.807) is 17.0 Å². The second kappa shape index (κ2) is 7.59. The summed E-state index contributed by atoms with van der Waals surface area (Å²) >= 11 is 0. The van der Waals surface area contributed by atoms with Gasteiger partial charge in [-0.1, -0.05) is 43.3 Å². The van der Waals surface area contributed by atoms with Gasteiger partial charge in [-0.05, 0) is 43.2 Å². The number of ether oxygens (including phenoxy) is 1. The summed E-state index contributed by atoms with van der Waals surface area (Å²) < 4.78 is 11.6. The fourth-order valence-corrected chi connectivity index (χ4v) is 3.88. The lowest BCUT2D eigenvalue weighted by Gasteiger charge is -2.25. The number of nitrogens with zero attached hydrogens (tertiary/aromatic N) is 1. The van der Waals surface area contributed by atoms with Crippen LogP contribution < -0.4 is 10.2 Å². The molecule has 5 heteroatoms. The van der Waals surface area contributed by atoms with Gasteiger partial charge in [0.15, 0.2) is 5.43 Å². The number of rotatable bonds is 6. The first-order valence-corrected chi connectivity index (χ1v) is 9.77. The number of hydrogen-bond donors (Lipinski definition) is 0. The van der Waals surface area contributed by atoms with Gasteiger partial charge < -0.3 is 14.1 Å². The Morgan fingerprint density at radius 2 is 2.03 bits per heavy atom. The molecule has 0 saturated heterocycles. The van der Waals surface area contributed by atoms with Crippen LogP contribution in [-0.2, 0) is 0 Å². The van der Waals surface area contributed by atoms with E-state index in [0.29, 0.717) is 35.4 Å². The Hall–Kier alpha value is -3.34. The van der Waals surface area contributed by atoms with Crippen molar-refractivity contribution in [2.75, 3.05) is 13.2 Å². The lowest BCUT2D eigenvalue weighted by molar-refractivity contribution is 0.0728. The van der Waals surface area contributed by atoms with Crippen molar-refractivity contribution >= 4 is 16.9 Å². The lowest BCUT2D eigenvalue weighted by Crippen LogP contribution is -2.30. The van der Waals surface area contributed by atoms with Gasteiger partial charge in [-0.2, -0.15) is 0 Å². The number of hydrogen-bond acceptors (Lipinski definition) is 4. The SMILES string of the molecule is C=CCOc1cccc([C@@H]2c3c(oc4ccc(C)cc4c3=O)C(=O)N2CCC)c1. The monoisotopic (exact) mass is 389 g/mol. The Morgan fingerprint density at radius 1 is 1.21 bits per heavy atom. The molecule has 0 fully saturated rings. The molecule has 0 N–H and O–H groups in total. The van der Waals surface area contributed by atoms with Gasteiger partial charge in [-0.15, -0.1) is 0 Å². The van der Waals surface area contributed by atoms with Crippen molar-refractivity contribution in [3.8, 4) is 5.75 Å². The smallest absolute Gasteiger partial charge is 0.290 e. The largest absolute Gasteiger partial charge is 0.490 e. The van der Waals surface area contributed by atoms with Crippen molar-refractivity contribution in [1.29, 1.82) is 0 Å². The quantitative estimate of drug-likeness (QED) is 0.577. The molecule has 1 aliphatic heterocycles. The molecule has 2 aromatic carbocycles. The van der Waals surface area contributed by atoms with Gasteiger partial charge in [0.1, 0.15) is 17.9 Å². The zero-order valence-corrected chi connectivity index (χ0v) is 16.6. The van der Waals surface area contributed by atoms with Crippen molar-refractivity contribution < 1.29 is 13.9 Å². The summed E-state index contributed by atoms with van der Waals surface area (Å²) in [6, 6.07) is 12.4. The van der Waals surface area contributed by atoms with Crippen LogP contribution in [0.3, 0.4) is 0 Å². The summed E-state index contributed by atoms with van der Waals surface area (Å²) in [5.74, 6) is 0.562. The molecule has 0 unspecified atom stereocenters. The van der Waals surface area contributed by atoms with E-state index in [1.807, 2.05) is 50.2 Å². The topological polar surface area (TPSA) is 59.8 Å². The second-order valence-corrected chi connectivity index (χ2v) is 7.25. The molecule has 1 aromatic heterocycles. The van der Waals surface area contributed by atoms with Crippen LogP contribution in [0.15, 0.2) is 64.3 Å². The first-order chi connectivity index (χ1) is 14.0. The maximum absolute atomic E-state index is 13.4. The van der Waals surface area contributed by atoms with E-state index >= 15 is 0 Å². The number of fused-ring (bicyclic) bond motifs is 2. The normalized spacial score (nSPS) is 15.6. The van der Waals surface area contributed by atoms with Crippen LogP contribution in [0.1, 0.15) is 46.6 Å². The average Bonchev–Trinajstić information content (AvgIpc) is 3.00. The zero-order chi connectivity index (χ0) is 20.5. The predicted molar refractivity (Wildman–Crippen MR) is 113 cm³/mol. The molecular formula is C24H23NO4. The van der Waals surface area contributed by atoms with Crippen LogP contribution in [-0.4, -0.2) is 24.0 Å². The van der Waals surface area contributed by atoms with E-state index in [-0.39, 0.29) is 17.1 Å². The second-order valence-electron chi connectivity index (χ2n) is 7.25. The third-order valence-electron chi connectivity index (χ3n) is 5.13. The van der Waals surface area contributed by atoms with E-state index in [1.165, 1.54) is 0 Å². The van der Waals surface area contributed by atoms with Crippen molar-refractivity contribution in [1.82, 2.24) is 4.90 Å². The number of aryl methyl sites for hydroxylation is 1. The standard InChI is InChI=1S/C24H23NO4/c1-4-11-25-21(16-7-6-8-17(14-16)28-12-5-2)20-22(26)18-13-15(3)9-10-19(18)29-23(20)24(25)27/h5-10,13-14,21H,2,4,11-12H2,1,3H3/t21-/m1/s1.